The van der Waals surface area contributed by atoms with Gasteiger partial charge in [-0.15, -0.1) is 0 Å². The van der Waals surface area contributed by atoms with Crippen molar-refractivity contribution in [2.24, 2.45) is 0 Å². The smallest absolute Gasteiger partial charge is 0.446 e. The van der Waals surface area contributed by atoms with Crippen LogP contribution in [0.5, 0.6) is 11.5 Å². The molecule has 0 aliphatic carbocycles. The third-order valence-electron chi connectivity index (χ3n) is 15.1. The van der Waals surface area contributed by atoms with Gasteiger partial charge in [-0.3, -0.25) is 9.59 Å². The number of halogens is 7. The molecule has 514 valence electrons. The van der Waals surface area contributed by atoms with Gasteiger partial charge in [-0.2, -0.15) is 13.2 Å². The van der Waals surface area contributed by atoms with E-state index in [0.29, 0.717) is 28.6 Å². The fraction of sp³-hybridized carbons (Fsp3) is 0.473. The van der Waals surface area contributed by atoms with Crippen molar-refractivity contribution in [1.82, 2.24) is 9.80 Å². The van der Waals surface area contributed by atoms with Crippen LogP contribution in [0.15, 0.2) is 146 Å². The molecule has 0 aromatic heterocycles. The number of alkyl halides is 3. The van der Waals surface area contributed by atoms with Crippen LogP contribution in [0.2, 0.25) is 39.7 Å². The summed E-state index contributed by atoms with van der Waals surface area (Å²) >= 11 is 24.6. The van der Waals surface area contributed by atoms with Crippen LogP contribution in [0.25, 0.3) is 0 Å². The largest absolute Gasteiger partial charge is 0.484 e. The van der Waals surface area contributed by atoms with Crippen LogP contribution < -0.4 is 9.47 Å². The number of aryl methyl sites for hydroxylation is 2. The van der Waals surface area contributed by atoms with E-state index in [4.69, 9.17) is 79.3 Å². The number of carbonyl (C=O) groups excluding carboxylic acids is 3. The number of methoxy groups -OCH3 is 2. The zero-order chi connectivity index (χ0) is 69.4. The molecule has 0 saturated carbocycles. The number of likely N-dealkylation sites (N-methyl/N-ethyl adjacent to an activating group) is 2. The zero-order valence-electron chi connectivity index (χ0n) is 56.7. The summed E-state index contributed by atoms with van der Waals surface area (Å²) < 4.78 is 83.0. The number of hydrogen-bond acceptors (Lipinski definition) is 12. The van der Waals surface area contributed by atoms with Crippen molar-refractivity contribution >= 4 is 72.6 Å². The SMILES string of the molecule is COC(=O)C(CCCC(=O)OC(C)(C)C)Oc1ccc(CCCN(C)CC(c2ccc(Cl)cc2)c2ccc(Cl)cc2)cc1.COC(O[Si](C)(C)C)(C(CCCC(=O)OC(C)(C)C)Oc1ccc(CCCN(C)CC(c2ccc(Cl)cc2)c2ccc(Cl)cc2)cc1)C(F)(F)F. The molecular formula is C74H95Cl4F3N2O10Si. The molecule has 3 unspecified atom stereocenters. The van der Waals surface area contributed by atoms with Crippen LogP contribution in [0, 0.1) is 0 Å². The fourth-order valence-corrected chi connectivity index (χ4v) is 12.4. The van der Waals surface area contributed by atoms with Gasteiger partial charge in [-0.05, 0) is 246 Å². The van der Waals surface area contributed by atoms with Crippen LogP contribution in [0.3, 0.4) is 0 Å². The summed E-state index contributed by atoms with van der Waals surface area (Å²) in [6.07, 6.45) is -2.88. The van der Waals surface area contributed by atoms with Crippen molar-refractivity contribution in [3.05, 3.63) is 199 Å². The summed E-state index contributed by atoms with van der Waals surface area (Å²) in [5, 5.41) is 2.82. The summed E-state index contributed by atoms with van der Waals surface area (Å²) in [5.41, 5.74) is 5.71. The van der Waals surface area contributed by atoms with Gasteiger partial charge in [0.25, 0.3) is 5.79 Å². The lowest BCUT2D eigenvalue weighted by molar-refractivity contribution is -0.374. The first kappa shape index (κ1) is 79.0. The van der Waals surface area contributed by atoms with E-state index in [1.165, 1.54) is 23.8 Å². The normalized spacial score (nSPS) is 13.4. The third kappa shape index (κ3) is 27.8. The van der Waals surface area contributed by atoms with E-state index in [2.05, 4.69) is 48.2 Å². The second kappa shape index (κ2) is 37.2. The van der Waals surface area contributed by atoms with Crippen LogP contribution in [0.1, 0.15) is 138 Å². The summed E-state index contributed by atoms with van der Waals surface area (Å²) in [6, 6.07) is 46.7. The molecule has 0 heterocycles. The Balaban J connectivity index is 0.000000345. The second-order valence-electron chi connectivity index (χ2n) is 26.6. The Morgan fingerprint density at radius 1 is 0.489 bits per heavy atom. The van der Waals surface area contributed by atoms with E-state index >= 15 is 0 Å². The number of ether oxygens (including phenoxy) is 6. The van der Waals surface area contributed by atoms with Crippen molar-refractivity contribution in [3.63, 3.8) is 0 Å². The highest BCUT2D eigenvalue weighted by molar-refractivity contribution is 6.69. The second-order valence-corrected chi connectivity index (χ2v) is 32.8. The number of rotatable bonds is 33. The van der Waals surface area contributed by atoms with Crippen LogP contribution >= 0.6 is 46.4 Å². The minimum Gasteiger partial charge on any atom is -0.484 e. The Hall–Kier alpha value is -5.66. The predicted molar refractivity (Wildman–Crippen MR) is 374 cm³/mol. The lowest BCUT2D eigenvalue weighted by atomic mass is 9.91. The summed E-state index contributed by atoms with van der Waals surface area (Å²) in [7, 11) is 3.73. The van der Waals surface area contributed by atoms with Gasteiger partial charge < -0.3 is 42.6 Å². The molecular weight excluding hydrogens is 1300 g/mol. The van der Waals surface area contributed by atoms with Gasteiger partial charge >= 0.3 is 24.1 Å². The molecule has 3 atom stereocenters. The fourth-order valence-electron chi connectivity index (χ4n) is 10.7. The average Bonchev–Trinajstić information content (AvgIpc) is 0.766. The molecule has 0 N–H and O–H groups in total. The van der Waals surface area contributed by atoms with Crippen molar-refractivity contribution in [1.29, 1.82) is 0 Å². The van der Waals surface area contributed by atoms with Crippen LogP contribution in [-0.2, 0) is 50.6 Å². The van der Waals surface area contributed by atoms with Gasteiger partial charge in [0.05, 0.1) is 7.11 Å². The molecule has 0 saturated heterocycles. The number of carbonyl (C=O) groups is 3. The number of nitrogens with zero attached hydrogens (tertiary/aromatic N) is 2. The van der Waals surface area contributed by atoms with Gasteiger partial charge in [0.2, 0.25) is 0 Å². The van der Waals surface area contributed by atoms with Crippen LogP contribution in [0.4, 0.5) is 13.2 Å². The molecule has 20 heteroatoms. The Kier molecular flexibility index (Phi) is 31.3. The molecule has 0 fully saturated rings. The summed E-state index contributed by atoms with van der Waals surface area (Å²) in [4.78, 5) is 41.3. The Morgan fingerprint density at radius 2 is 0.830 bits per heavy atom. The highest BCUT2D eigenvalue weighted by Crippen LogP contribution is 2.43. The van der Waals surface area contributed by atoms with E-state index in [1.54, 1.807) is 52.5 Å². The van der Waals surface area contributed by atoms with Crippen molar-refractivity contribution in [3.8, 4) is 11.5 Å². The first-order valence-electron chi connectivity index (χ1n) is 31.9. The molecule has 12 nitrogen and oxygen atoms in total. The number of benzene rings is 6. The van der Waals surface area contributed by atoms with Gasteiger partial charge in [0, 0.05) is 65.0 Å². The van der Waals surface area contributed by atoms with Crippen LogP contribution in [-0.4, -0.2) is 126 Å². The zero-order valence-corrected chi connectivity index (χ0v) is 60.7. The molecule has 6 rings (SSSR count). The van der Waals surface area contributed by atoms with Gasteiger partial charge in [0.1, 0.15) is 22.7 Å². The van der Waals surface area contributed by atoms with Crippen molar-refractivity contribution in [2.45, 2.75) is 173 Å². The first-order chi connectivity index (χ1) is 44.1. The average molecular weight is 1400 g/mol. The molecule has 6 aromatic carbocycles. The molecule has 0 aliphatic heterocycles. The quantitative estimate of drug-likeness (QED) is 0.0169. The Labute approximate surface area is 577 Å². The minimum absolute atomic E-state index is 0.0741. The highest BCUT2D eigenvalue weighted by Gasteiger charge is 2.64. The first-order valence-corrected chi connectivity index (χ1v) is 36.8. The predicted octanol–water partition coefficient (Wildman–Crippen LogP) is 18.8. The standard InChI is InChI=1S/C39H52Cl2F3NO5Si.C35H43Cl2NO5/c1-37(2,3)49-36(46)13-9-12-35(38(47-5,39(42,43)44)50-51(6,7)8)48-33-24-14-28(15-25-33)11-10-26-45(4)27-34(29-16-20-31(40)21-17-29)30-18-22-32(41)23-19-30;1-35(2,3)43-33(39)10-6-9-32(34(40)41-5)42-30-21-11-25(12-22-30)8-7-23-38(4)24-31(26-13-17-28(36)18-14-26)27-15-19-29(37)20-16-27/h14-25,34-35H,9-13,26-27H2,1-8H3;11-22,31-32H,6-10,23-24H2,1-5H3. The maximum absolute atomic E-state index is 14.8. The number of hydrogen-bond donors (Lipinski definition) is 0. The van der Waals surface area contributed by atoms with Gasteiger partial charge in [-0.25, -0.2) is 4.79 Å². The number of esters is 3. The summed E-state index contributed by atoms with van der Waals surface area (Å²) in [5.74, 6) is -3.13. The summed E-state index contributed by atoms with van der Waals surface area (Å²) in [6.45, 7) is 19.1. The Morgan fingerprint density at radius 3 is 1.14 bits per heavy atom. The monoisotopic (exact) mass is 1400 g/mol. The highest BCUT2D eigenvalue weighted by atomic mass is 35.5. The van der Waals surface area contributed by atoms with E-state index < -0.39 is 55.6 Å². The molecule has 0 amide bonds. The molecule has 94 heavy (non-hydrogen) atoms. The molecule has 0 radical (unpaired) electrons. The van der Waals surface area contributed by atoms with E-state index in [0.717, 1.165) is 85.7 Å². The maximum atomic E-state index is 14.8. The van der Waals surface area contributed by atoms with E-state index in [9.17, 15) is 27.6 Å². The lowest BCUT2D eigenvalue weighted by Gasteiger charge is -2.43. The molecule has 0 aliphatic rings. The molecule has 0 bridgehead atoms. The van der Waals surface area contributed by atoms with E-state index in [-0.39, 0.29) is 49.2 Å². The Bertz CT molecular complexity index is 3150. The van der Waals surface area contributed by atoms with Crippen molar-refractivity contribution < 1.29 is 60.4 Å². The minimum atomic E-state index is -4.91. The maximum Gasteiger partial charge on any atom is 0.446 e. The van der Waals surface area contributed by atoms with Gasteiger partial charge in [-0.1, -0.05) is 119 Å². The van der Waals surface area contributed by atoms with Gasteiger partial charge in [0.15, 0.2) is 20.5 Å². The third-order valence-corrected chi connectivity index (χ3v) is 17.0. The molecule has 6 aromatic rings. The van der Waals surface area contributed by atoms with E-state index in [1.807, 2.05) is 130 Å². The molecule has 0 spiro atoms. The lowest BCUT2D eigenvalue weighted by Crippen LogP contribution is -2.63. The van der Waals surface area contributed by atoms with Crippen molar-refractivity contribution in [2.75, 3.05) is 54.5 Å². The topological polar surface area (TPSA) is 122 Å².